The highest BCUT2D eigenvalue weighted by molar-refractivity contribution is 6.06. The largest absolute Gasteiger partial charge is 0.345 e. The summed E-state index contributed by atoms with van der Waals surface area (Å²) in [4.78, 5) is 41.8. The van der Waals surface area contributed by atoms with Gasteiger partial charge in [-0.1, -0.05) is 36.4 Å². The number of fused-ring (bicyclic) bond motifs is 2. The zero-order valence-corrected chi connectivity index (χ0v) is 15.4. The Morgan fingerprint density at radius 2 is 1.79 bits per heavy atom. The summed E-state index contributed by atoms with van der Waals surface area (Å²) in [7, 11) is 0. The molecule has 2 aliphatic heterocycles. The van der Waals surface area contributed by atoms with E-state index in [2.05, 4.69) is 5.32 Å². The van der Waals surface area contributed by atoms with Crippen LogP contribution in [0.1, 0.15) is 40.4 Å². The standard InChI is InChI=1S/C22H21N3O3/c26-19(24-12-11-14-5-1-4-8-18(14)24)13-23-21(27)20-16-6-2-3-7-17(16)22(28)25(20)15-9-10-15/h1-8,15,20H,9-13H2,(H,23,27)/t20-/m1/s1. The quantitative estimate of drug-likeness (QED) is 0.889. The molecule has 0 radical (unpaired) electrons. The molecule has 1 N–H and O–H groups in total. The lowest BCUT2D eigenvalue weighted by molar-refractivity contribution is -0.128. The third-order valence-corrected chi connectivity index (χ3v) is 5.79. The second-order valence-corrected chi connectivity index (χ2v) is 7.58. The summed E-state index contributed by atoms with van der Waals surface area (Å²) in [6.45, 7) is 0.561. The number of hydrogen-bond acceptors (Lipinski definition) is 3. The van der Waals surface area contributed by atoms with Gasteiger partial charge in [-0.15, -0.1) is 0 Å². The van der Waals surface area contributed by atoms with E-state index >= 15 is 0 Å². The van der Waals surface area contributed by atoms with Crippen molar-refractivity contribution in [2.75, 3.05) is 18.0 Å². The number of anilines is 1. The van der Waals surface area contributed by atoms with Crippen molar-refractivity contribution < 1.29 is 14.4 Å². The van der Waals surface area contributed by atoms with Crippen molar-refractivity contribution >= 4 is 23.4 Å². The summed E-state index contributed by atoms with van der Waals surface area (Å²) >= 11 is 0. The number of carbonyl (C=O) groups excluding carboxylic acids is 3. The van der Waals surface area contributed by atoms with Gasteiger partial charge in [-0.05, 0) is 42.5 Å². The van der Waals surface area contributed by atoms with Crippen molar-refractivity contribution in [3.8, 4) is 0 Å². The van der Waals surface area contributed by atoms with E-state index in [9.17, 15) is 14.4 Å². The first-order chi connectivity index (χ1) is 13.6. The first-order valence-electron chi connectivity index (χ1n) is 9.73. The van der Waals surface area contributed by atoms with Gasteiger partial charge in [-0.3, -0.25) is 14.4 Å². The minimum Gasteiger partial charge on any atom is -0.345 e. The van der Waals surface area contributed by atoms with Crippen molar-refractivity contribution in [3.63, 3.8) is 0 Å². The molecule has 0 aromatic heterocycles. The number of benzene rings is 2. The molecule has 3 amide bonds. The molecule has 2 aromatic rings. The Hall–Kier alpha value is -3.15. The van der Waals surface area contributed by atoms with Crippen molar-refractivity contribution in [2.24, 2.45) is 0 Å². The van der Waals surface area contributed by atoms with Crippen LogP contribution in [-0.4, -0.2) is 41.8 Å². The van der Waals surface area contributed by atoms with Gasteiger partial charge in [0.1, 0.15) is 6.04 Å². The lowest BCUT2D eigenvalue weighted by Crippen LogP contribution is -2.44. The van der Waals surface area contributed by atoms with E-state index < -0.39 is 6.04 Å². The van der Waals surface area contributed by atoms with E-state index in [0.717, 1.165) is 36.1 Å². The van der Waals surface area contributed by atoms with Crippen LogP contribution in [0.3, 0.4) is 0 Å². The number of hydrogen-bond donors (Lipinski definition) is 1. The Morgan fingerprint density at radius 1 is 1.04 bits per heavy atom. The fourth-order valence-corrected chi connectivity index (χ4v) is 4.29. The van der Waals surface area contributed by atoms with Crippen LogP contribution < -0.4 is 10.2 Å². The van der Waals surface area contributed by atoms with E-state index in [0.29, 0.717) is 12.1 Å². The molecule has 28 heavy (non-hydrogen) atoms. The van der Waals surface area contributed by atoms with E-state index in [1.54, 1.807) is 15.9 Å². The van der Waals surface area contributed by atoms with Crippen LogP contribution in [0.25, 0.3) is 0 Å². The zero-order chi connectivity index (χ0) is 19.3. The molecule has 1 atom stereocenters. The van der Waals surface area contributed by atoms with E-state index in [1.165, 1.54) is 0 Å². The van der Waals surface area contributed by atoms with Crippen molar-refractivity contribution in [3.05, 3.63) is 65.2 Å². The van der Waals surface area contributed by atoms with Gasteiger partial charge in [-0.25, -0.2) is 0 Å². The molecule has 2 heterocycles. The predicted octanol–water partition coefficient (Wildman–Crippen LogP) is 2.05. The first kappa shape index (κ1) is 17.0. The van der Waals surface area contributed by atoms with Crippen molar-refractivity contribution in [1.82, 2.24) is 10.2 Å². The second-order valence-electron chi connectivity index (χ2n) is 7.58. The van der Waals surface area contributed by atoms with Gasteiger partial charge in [-0.2, -0.15) is 0 Å². The van der Waals surface area contributed by atoms with Gasteiger partial charge in [0.15, 0.2) is 0 Å². The van der Waals surface area contributed by atoms with Crippen molar-refractivity contribution in [2.45, 2.75) is 31.3 Å². The lowest BCUT2D eigenvalue weighted by atomic mass is 10.0. The van der Waals surface area contributed by atoms with Gasteiger partial charge in [0.05, 0.1) is 6.54 Å². The minimum atomic E-state index is -0.644. The molecule has 5 rings (SSSR count). The van der Waals surface area contributed by atoms with Crippen LogP contribution in [-0.2, 0) is 16.0 Å². The van der Waals surface area contributed by atoms with Gasteiger partial charge in [0.25, 0.3) is 5.91 Å². The summed E-state index contributed by atoms with van der Waals surface area (Å²) in [6, 6.07) is 14.6. The molecule has 3 aliphatic rings. The van der Waals surface area contributed by atoms with Crippen LogP contribution >= 0.6 is 0 Å². The number of amides is 3. The summed E-state index contributed by atoms with van der Waals surface area (Å²) < 4.78 is 0. The molecule has 0 saturated heterocycles. The normalized spacial score (nSPS) is 20.1. The molecule has 142 valence electrons. The highest BCUT2D eigenvalue weighted by atomic mass is 16.2. The minimum absolute atomic E-state index is 0.0709. The summed E-state index contributed by atoms with van der Waals surface area (Å²) in [5, 5.41) is 2.78. The predicted molar refractivity (Wildman–Crippen MR) is 104 cm³/mol. The van der Waals surface area contributed by atoms with Crippen LogP contribution in [0.4, 0.5) is 5.69 Å². The molecule has 1 aliphatic carbocycles. The van der Waals surface area contributed by atoms with Crippen LogP contribution in [0, 0.1) is 0 Å². The topological polar surface area (TPSA) is 69.7 Å². The van der Waals surface area contributed by atoms with Gasteiger partial charge in [0.2, 0.25) is 11.8 Å². The average Bonchev–Trinajstić information content (AvgIpc) is 3.39. The first-order valence-corrected chi connectivity index (χ1v) is 9.73. The molecule has 2 aromatic carbocycles. The zero-order valence-electron chi connectivity index (χ0n) is 15.4. The number of para-hydroxylation sites is 1. The maximum Gasteiger partial charge on any atom is 0.255 e. The van der Waals surface area contributed by atoms with Gasteiger partial charge >= 0.3 is 0 Å². The lowest BCUT2D eigenvalue weighted by Gasteiger charge is -2.25. The van der Waals surface area contributed by atoms with E-state index in [1.807, 2.05) is 42.5 Å². The summed E-state index contributed by atoms with van der Waals surface area (Å²) in [6.07, 6.45) is 2.68. The third-order valence-electron chi connectivity index (χ3n) is 5.79. The number of nitrogens with one attached hydrogen (secondary N) is 1. The number of nitrogens with zero attached hydrogens (tertiary/aromatic N) is 2. The maximum absolute atomic E-state index is 13.0. The maximum atomic E-state index is 13.0. The van der Waals surface area contributed by atoms with E-state index in [-0.39, 0.29) is 30.3 Å². The third kappa shape index (κ3) is 2.68. The molecule has 6 heteroatoms. The Balaban J connectivity index is 1.32. The Bertz CT molecular complexity index is 982. The molecular formula is C22H21N3O3. The second kappa shape index (κ2) is 6.48. The highest BCUT2D eigenvalue weighted by Gasteiger charge is 2.47. The van der Waals surface area contributed by atoms with Crippen LogP contribution in [0.5, 0.6) is 0 Å². The fourth-order valence-electron chi connectivity index (χ4n) is 4.29. The molecule has 6 nitrogen and oxygen atoms in total. The van der Waals surface area contributed by atoms with Gasteiger partial charge < -0.3 is 15.1 Å². The van der Waals surface area contributed by atoms with Crippen molar-refractivity contribution in [1.29, 1.82) is 0 Å². The SMILES string of the molecule is O=C(NCC(=O)N1CCc2ccccc21)[C@H]1c2ccccc2C(=O)N1C1CC1. The average molecular weight is 375 g/mol. The fraction of sp³-hybridized carbons (Fsp3) is 0.318. The van der Waals surface area contributed by atoms with Crippen LogP contribution in [0.15, 0.2) is 48.5 Å². The molecule has 1 fully saturated rings. The number of carbonyl (C=O) groups is 3. The Labute approximate surface area is 163 Å². The molecule has 0 bridgehead atoms. The smallest absolute Gasteiger partial charge is 0.255 e. The molecule has 0 spiro atoms. The van der Waals surface area contributed by atoms with E-state index in [4.69, 9.17) is 0 Å². The molecule has 0 unspecified atom stereocenters. The Kier molecular flexibility index (Phi) is 3.93. The van der Waals surface area contributed by atoms with Crippen LogP contribution in [0.2, 0.25) is 0 Å². The highest BCUT2D eigenvalue weighted by Crippen LogP contribution is 2.41. The summed E-state index contributed by atoms with van der Waals surface area (Å²) in [5.41, 5.74) is 3.39. The molecule has 1 saturated carbocycles. The van der Waals surface area contributed by atoms with Gasteiger partial charge in [0, 0.05) is 23.8 Å². The molecular weight excluding hydrogens is 354 g/mol. The number of rotatable bonds is 4. The summed E-state index contributed by atoms with van der Waals surface area (Å²) in [5.74, 6) is -0.502. The monoisotopic (exact) mass is 375 g/mol. The Morgan fingerprint density at radius 3 is 2.61 bits per heavy atom.